The van der Waals surface area contributed by atoms with Crippen molar-refractivity contribution >= 4 is 37.1 Å². The number of hydrogen-bond acceptors (Lipinski definition) is 8. The van der Waals surface area contributed by atoms with Gasteiger partial charge in [-0.3, -0.25) is 9.69 Å². The number of halogens is 3. The van der Waals surface area contributed by atoms with Gasteiger partial charge in [0, 0.05) is 26.2 Å². The van der Waals surface area contributed by atoms with Crippen LogP contribution in [0.25, 0.3) is 0 Å². The number of aliphatic hydroxyl groups is 1. The van der Waals surface area contributed by atoms with Gasteiger partial charge >= 0.3 is 6.18 Å². The molecule has 0 saturated carbocycles. The Bertz CT molecular complexity index is 1560. The first-order valence-electron chi connectivity index (χ1n) is 12.0. The van der Waals surface area contributed by atoms with Gasteiger partial charge in [0.25, 0.3) is 10.0 Å². The summed E-state index contributed by atoms with van der Waals surface area (Å²) in [6.07, 6.45) is -5.48. The first kappa shape index (κ1) is 30.1. The SMILES string of the molecule is CC(O)N1CCN(S(=O)(=O)c2ccc(S(=O)(=O)c3ccccc3)s2)C(C(=O)NCc2ccc(C(F)(F)F)cc2)C1. The zero-order valence-electron chi connectivity index (χ0n) is 21.1. The van der Waals surface area contributed by atoms with E-state index in [4.69, 9.17) is 0 Å². The van der Waals surface area contributed by atoms with E-state index in [2.05, 4.69) is 5.32 Å². The Balaban J connectivity index is 1.57. The molecule has 0 radical (unpaired) electrons. The topological polar surface area (TPSA) is 124 Å². The summed E-state index contributed by atoms with van der Waals surface area (Å²) < 4.78 is 92.2. The molecule has 1 aliphatic rings. The van der Waals surface area contributed by atoms with E-state index in [1.54, 1.807) is 18.2 Å². The van der Waals surface area contributed by atoms with Crippen molar-refractivity contribution in [3.63, 3.8) is 0 Å². The van der Waals surface area contributed by atoms with Crippen LogP contribution in [0.4, 0.5) is 13.2 Å². The van der Waals surface area contributed by atoms with Gasteiger partial charge in [-0.2, -0.15) is 17.5 Å². The molecule has 3 aromatic rings. The van der Waals surface area contributed by atoms with E-state index in [1.165, 1.54) is 48.2 Å². The summed E-state index contributed by atoms with van der Waals surface area (Å²) in [5.74, 6) is -0.720. The van der Waals surface area contributed by atoms with E-state index in [9.17, 15) is 39.9 Å². The van der Waals surface area contributed by atoms with E-state index in [1.807, 2.05) is 0 Å². The second kappa shape index (κ2) is 11.6. The lowest BCUT2D eigenvalue weighted by molar-refractivity contribution is -0.137. The molecule has 1 saturated heterocycles. The van der Waals surface area contributed by atoms with E-state index in [0.29, 0.717) is 16.9 Å². The normalized spacial score (nSPS) is 18.4. The number of nitrogens with zero attached hydrogens (tertiary/aromatic N) is 2. The van der Waals surface area contributed by atoms with Gasteiger partial charge in [0.05, 0.1) is 10.5 Å². The third kappa shape index (κ3) is 6.39. The molecule has 2 unspecified atom stereocenters. The number of thiophene rings is 1. The predicted molar refractivity (Wildman–Crippen MR) is 140 cm³/mol. The third-order valence-electron chi connectivity index (χ3n) is 6.38. The Morgan fingerprint density at radius 3 is 2.23 bits per heavy atom. The van der Waals surface area contributed by atoms with Crippen LogP contribution in [0.3, 0.4) is 0 Å². The van der Waals surface area contributed by atoms with E-state index >= 15 is 0 Å². The standard InChI is InChI=1S/C25H26F3N3O6S3/c1-17(32)30-13-14-31(21(16-30)24(33)29-15-18-7-9-19(10-8-18)25(26,27)28)40(36,37)23-12-11-22(38-23)39(34,35)20-5-3-2-4-6-20/h2-12,17,21,32H,13-16H2,1H3,(H,29,33). The first-order chi connectivity index (χ1) is 18.7. The summed E-state index contributed by atoms with van der Waals surface area (Å²) in [7, 11) is -8.30. The number of hydrogen-bond donors (Lipinski definition) is 2. The van der Waals surface area contributed by atoms with Crippen molar-refractivity contribution < 1.29 is 39.9 Å². The number of benzene rings is 2. The van der Waals surface area contributed by atoms with Gasteiger partial charge in [-0.25, -0.2) is 16.8 Å². The highest BCUT2D eigenvalue weighted by Crippen LogP contribution is 2.33. The van der Waals surface area contributed by atoms with Crippen molar-refractivity contribution in [2.24, 2.45) is 0 Å². The molecule has 2 heterocycles. The molecular weight excluding hydrogens is 591 g/mol. The summed E-state index contributed by atoms with van der Waals surface area (Å²) in [6.45, 7) is 1.11. The molecule has 2 aromatic carbocycles. The Morgan fingerprint density at radius 2 is 1.62 bits per heavy atom. The quantitative estimate of drug-likeness (QED) is 0.399. The highest BCUT2D eigenvalue weighted by Gasteiger charge is 2.42. The van der Waals surface area contributed by atoms with Crippen LogP contribution >= 0.6 is 11.3 Å². The van der Waals surface area contributed by atoms with Crippen LogP contribution in [0.5, 0.6) is 0 Å². The number of alkyl halides is 3. The number of nitrogens with one attached hydrogen (secondary N) is 1. The Morgan fingerprint density at radius 1 is 1.00 bits per heavy atom. The summed E-state index contributed by atoms with van der Waals surface area (Å²) >= 11 is 0.565. The molecule has 4 rings (SSSR count). The van der Waals surface area contributed by atoms with Gasteiger partial charge in [0.2, 0.25) is 15.7 Å². The zero-order valence-corrected chi connectivity index (χ0v) is 23.5. The molecule has 1 amide bonds. The molecule has 0 aliphatic carbocycles. The minimum Gasteiger partial charge on any atom is -0.379 e. The minimum absolute atomic E-state index is 0.00636. The maximum Gasteiger partial charge on any atom is 0.416 e. The second-order valence-electron chi connectivity index (χ2n) is 9.06. The van der Waals surface area contributed by atoms with Gasteiger partial charge < -0.3 is 10.4 Å². The number of carbonyl (C=O) groups excluding carboxylic acids is 1. The molecule has 2 atom stereocenters. The van der Waals surface area contributed by atoms with Crippen LogP contribution in [0.15, 0.2) is 80.0 Å². The van der Waals surface area contributed by atoms with Crippen LogP contribution in [0.2, 0.25) is 0 Å². The number of piperazine rings is 1. The maximum atomic E-state index is 13.6. The predicted octanol–water partition coefficient (Wildman–Crippen LogP) is 2.93. The van der Waals surface area contributed by atoms with E-state index in [0.717, 1.165) is 16.4 Å². The number of rotatable bonds is 8. The fraction of sp³-hybridized carbons (Fsp3) is 0.320. The molecule has 1 fully saturated rings. The summed E-state index contributed by atoms with van der Waals surface area (Å²) in [6, 6.07) is 12.8. The van der Waals surface area contributed by atoms with Gasteiger partial charge in [0.1, 0.15) is 20.7 Å². The summed E-state index contributed by atoms with van der Waals surface area (Å²) in [5, 5.41) is 12.6. The lowest BCUT2D eigenvalue weighted by Gasteiger charge is -2.40. The van der Waals surface area contributed by atoms with Crippen molar-refractivity contribution in [1.82, 2.24) is 14.5 Å². The van der Waals surface area contributed by atoms with E-state index in [-0.39, 0.29) is 39.5 Å². The van der Waals surface area contributed by atoms with Crippen molar-refractivity contribution in [2.45, 2.75) is 45.2 Å². The highest BCUT2D eigenvalue weighted by atomic mass is 32.3. The lowest BCUT2D eigenvalue weighted by Crippen LogP contribution is -2.61. The molecule has 9 nitrogen and oxygen atoms in total. The number of aliphatic hydroxyl groups excluding tert-OH is 1. The van der Waals surface area contributed by atoms with Crippen molar-refractivity contribution in [1.29, 1.82) is 0 Å². The van der Waals surface area contributed by atoms with Crippen LogP contribution < -0.4 is 5.32 Å². The van der Waals surface area contributed by atoms with Gasteiger partial charge in [-0.1, -0.05) is 30.3 Å². The molecule has 40 heavy (non-hydrogen) atoms. The smallest absolute Gasteiger partial charge is 0.379 e. The lowest BCUT2D eigenvalue weighted by atomic mass is 10.1. The fourth-order valence-corrected chi connectivity index (χ4v) is 9.05. The molecular formula is C25H26F3N3O6S3. The number of carbonyl (C=O) groups is 1. The zero-order chi connectivity index (χ0) is 29.3. The van der Waals surface area contributed by atoms with Crippen LogP contribution in [0, 0.1) is 0 Å². The maximum absolute atomic E-state index is 13.6. The van der Waals surface area contributed by atoms with Gasteiger partial charge in [-0.05, 0) is 48.9 Å². The number of amides is 1. The largest absolute Gasteiger partial charge is 0.416 e. The molecule has 2 N–H and O–H groups in total. The number of sulfone groups is 1. The van der Waals surface area contributed by atoms with Crippen LogP contribution in [-0.4, -0.2) is 69.0 Å². The van der Waals surface area contributed by atoms with Crippen molar-refractivity contribution in [3.05, 3.63) is 77.9 Å². The minimum atomic E-state index is -4.51. The van der Waals surface area contributed by atoms with Crippen LogP contribution in [0.1, 0.15) is 18.1 Å². The monoisotopic (exact) mass is 617 g/mol. The Kier molecular flexibility index (Phi) is 8.73. The first-order valence-corrected chi connectivity index (χ1v) is 15.7. The average Bonchev–Trinajstić information content (AvgIpc) is 3.44. The highest BCUT2D eigenvalue weighted by molar-refractivity contribution is 7.95. The Labute approximate surface area is 233 Å². The molecule has 0 bridgehead atoms. The molecule has 1 aliphatic heterocycles. The molecule has 216 valence electrons. The molecule has 1 aromatic heterocycles. The van der Waals surface area contributed by atoms with Gasteiger partial charge in [-0.15, -0.1) is 11.3 Å². The summed E-state index contributed by atoms with van der Waals surface area (Å²) in [4.78, 5) is 14.7. The number of sulfonamides is 1. The molecule has 0 spiro atoms. The summed E-state index contributed by atoms with van der Waals surface area (Å²) in [5.41, 5.74) is -0.475. The Hall–Kier alpha value is -2.82. The second-order valence-corrected chi connectivity index (χ2v) is 14.4. The average molecular weight is 618 g/mol. The van der Waals surface area contributed by atoms with E-state index < -0.39 is 49.8 Å². The van der Waals surface area contributed by atoms with Crippen molar-refractivity contribution in [2.75, 3.05) is 19.6 Å². The fourth-order valence-electron chi connectivity index (χ4n) is 4.16. The van der Waals surface area contributed by atoms with Crippen LogP contribution in [-0.2, 0) is 37.4 Å². The van der Waals surface area contributed by atoms with Crippen molar-refractivity contribution in [3.8, 4) is 0 Å². The third-order valence-corrected chi connectivity index (χ3v) is 12.1. The molecule has 15 heteroatoms. The van der Waals surface area contributed by atoms with Gasteiger partial charge in [0.15, 0.2) is 0 Å².